The van der Waals surface area contributed by atoms with Gasteiger partial charge in [0.1, 0.15) is 4.32 Å². The van der Waals surface area contributed by atoms with E-state index in [4.69, 9.17) is 23.8 Å². The number of carbonyl (C=O) groups is 2. The molecule has 0 aromatic heterocycles. The van der Waals surface area contributed by atoms with Crippen molar-refractivity contribution in [3.8, 4) is 0 Å². The Bertz CT molecular complexity index is 655. The molecule has 1 fully saturated rings. The van der Waals surface area contributed by atoms with E-state index in [1.165, 1.54) is 0 Å². The lowest BCUT2D eigenvalue weighted by Crippen LogP contribution is -2.52. The molecule has 7 heteroatoms. The Hall–Kier alpha value is -1.37. The number of benzene rings is 1. The molecule has 0 unspecified atom stereocenters. The van der Waals surface area contributed by atoms with Crippen LogP contribution in [0.5, 0.6) is 0 Å². The smallest absolute Gasteiger partial charge is 0.266 e. The summed E-state index contributed by atoms with van der Waals surface area (Å²) in [5.41, 5.74) is 0.791. The molecule has 0 saturated carbocycles. The molecule has 1 amide bonds. The van der Waals surface area contributed by atoms with Gasteiger partial charge in [-0.15, -0.1) is 0 Å². The van der Waals surface area contributed by atoms with Crippen molar-refractivity contribution in [2.45, 2.75) is 19.9 Å². The molecule has 1 saturated heterocycles. The zero-order valence-corrected chi connectivity index (χ0v) is 14.3. The highest BCUT2D eigenvalue weighted by molar-refractivity contribution is 8.26. The lowest BCUT2D eigenvalue weighted by Gasteiger charge is -2.30. The predicted molar refractivity (Wildman–Crippen MR) is 90.1 cm³/mol. The molecule has 0 radical (unpaired) electrons. The van der Waals surface area contributed by atoms with Gasteiger partial charge in [-0.05, 0) is 29.7 Å². The third-order valence-electron chi connectivity index (χ3n) is 3.14. The number of hydrogen-bond acceptors (Lipinski definition) is 5. The number of aliphatic carboxylic acids is 1. The summed E-state index contributed by atoms with van der Waals surface area (Å²) in [4.78, 5) is 25.3. The first kappa shape index (κ1) is 17.0. The fourth-order valence-electron chi connectivity index (χ4n) is 2.11. The minimum absolute atomic E-state index is 0.230. The first-order chi connectivity index (χ1) is 10.3. The van der Waals surface area contributed by atoms with E-state index in [-0.39, 0.29) is 10.2 Å². The molecule has 1 aliphatic rings. The van der Waals surface area contributed by atoms with Crippen molar-refractivity contribution in [3.63, 3.8) is 0 Å². The van der Waals surface area contributed by atoms with E-state index in [1.807, 2.05) is 0 Å². The van der Waals surface area contributed by atoms with E-state index in [0.29, 0.717) is 9.93 Å². The van der Waals surface area contributed by atoms with Crippen LogP contribution in [0.2, 0.25) is 5.02 Å². The topological polar surface area (TPSA) is 60.4 Å². The van der Waals surface area contributed by atoms with E-state index in [0.717, 1.165) is 22.2 Å². The summed E-state index contributed by atoms with van der Waals surface area (Å²) in [5, 5.41) is 11.9. The molecule has 1 heterocycles. The molecule has 4 nitrogen and oxygen atoms in total. The van der Waals surface area contributed by atoms with Crippen molar-refractivity contribution < 1.29 is 14.7 Å². The largest absolute Gasteiger partial charge is 0.548 e. The van der Waals surface area contributed by atoms with Crippen molar-refractivity contribution in [3.05, 3.63) is 39.8 Å². The molecule has 2 rings (SSSR count). The number of carboxylic acid groups (broad SMARTS) is 1. The molecular formula is C15H13ClNO3S2-. The quantitative estimate of drug-likeness (QED) is 0.613. The highest BCUT2D eigenvalue weighted by Gasteiger charge is 2.38. The number of thioether (sulfide) groups is 1. The van der Waals surface area contributed by atoms with Crippen LogP contribution in [0.25, 0.3) is 6.08 Å². The Morgan fingerprint density at radius 1 is 1.36 bits per heavy atom. The second kappa shape index (κ2) is 6.81. The van der Waals surface area contributed by atoms with Gasteiger partial charge >= 0.3 is 0 Å². The molecule has 116 valence electrons. The second-order valence-corrected chi connectivity index (χ2v) is 7.22. The van der Waals surface area contributed by atoms with E-state index in [9.17, 15) is 14.7 Å². The van der Waals surface area contributed by atoms with E-state index >= 15 is 0 Å². The zero-order valence-electron chi connectivity index (χ0n) is 11.9. The van der Waals surface area contributed by atoms with Gasteiger partial charge in [0.2, 0.25) is 0 Å². The molecule has 1 aliphatic heterocycles. The van der Waals surface area contributed by atoms with Gasteiger partial charge in [-0.2, -0.15) is 0 Å². The monoisotopic (exact) mass is 354 g/mol. The van der Waals surface area contributed by atoms with Crippen molar-refractivity contribution in [2.75, 3.05) is 0 Å². The van der Waals surface area contributed by atoms with Crippen LogP contribution >= 0.6 is 35.6 Å². The number of hydrogen-bond donors (Lipinski definition) is 0. The first-order valence-corrected chi connectivity index (χ1v) is 8.15. The molecule has 0 N–H and O–H groups in total. The van der Waals surface area contributed by atoms with Gasteiger partial charge in [-0.1, -0.05) is 61.6 Å². The number of amides is 1. The summed E-state index contributed by atoms with van der Waals surface area (Å²) >= 11 is 12.1. The van der Waals surface area contributed by atoms with Gasteiger partial charge in [0.05, 0.1) is 16.9 Å². The number of carboxylic acids is 1. The molecule has 0 bridgehead atoms. The SMILES string of the molecule is CC(C)[C@H](C(=O)[O-])N1C(=O)/C(=C/c2ccc(Cl)cc2)SC1=S. The molecule has 22 heavy (non-hydrogen) atoms. The van der Waals surface area contributed by atoms with Crippen LogP contribution in [0, 0.1) is 5.92 Å². The fourth-order valence-corrected chi connectivity index (χ4v) is 3.56. The lowest BCUT2D eigenvalue weighted by atomic mass is 10.0. The van der Waals surface area contributed by atoms with Crippen molar-refractivity contribution in [1.29, 1.82) is 0 Å². The van der Waals surface area contributed by atoms with Gasteiger partial charge in [0.15, 0.2) is 0 Å². The van der Waals surface area contributed by atoms with Crippen LogP contribution in [0.1, 0.15) is 19.4 Å². The van der Waals surface area contributed by atoms with Crippen LogP contribution in [0.15, 0.2) is 29.2 Å². The van der Waals surface area contributed by atoms with Crippen LogP contribution in [0.3, 0.4) is 0 Å². The average molecular weight is 355 g/mol. The third-order valence-corrected chi connectivity index (χ3v) is 4.72. The second-order valence-electron chi connectivity index (χ2n) is 5.11. The molecule has 1 atom stereocenters. The average Bonchev–Trinajstić information content (AvgIpc) is 2.69. The lowest BCUT2D eigenvalue weighted by molar-refractivity contribution is -0.311. The maximum absolute atomic E-state index is 12.5. The Morgan fingerprint density at radius 3 is 2.45 bits per heavy atom. The molecule has 1 aromatic carbocycles. The summed E-state index contributed by atoms with van der Waals surface area (Å²) < 4.78 is 0.230. The maximum Gasteiger partial charge on any atom is 0.266 e. The number of nitrogens with zero attached hydrogens (tertiary/aromatic N) is 1. The third kappa shape index (κ3) is 3.51. The Kier molecular flexibility index (Phi) is 5.26. The van der Waals surface area contributed by atoms with Crippen LogP contribution in [0.4, 0.5) is 0 Å². The predicted octanol–water partition coefficient (Wildman–Crippen LogP) is 2.32. The normalized spacial score (nSPS) is 18.4. The van der Waals surface area contributed by atoms with Gasteiger partial charge in [-0.25, -0.2) is 0 Å². The van der Waals surface area contributed by atoms with Crippen LogP contribution in [-0.4, -0.2) is 27.1 Å². The number of carbonyl (C=O) groups excluding carboxylic acids is 2. The van der Waals surface area contributed by atoms with E-state index in [2.05, 4.69) is 0 Å². The van der Waals surface area contributed by atoms with Crippen molar-refractivity contribution in [2.24, 2.45) is 5.92 Å². The first-order valence-electron chi connectivity index (χ1n) is 6.54. The molecule has 0 aliphatic carbocycles. The van der Waals surface area contributed by atoms with Crippen molar-refractivity contribution in [1.82, 2.24) is 4.90 Å². The summed E-state index contributed by atoms with van der Waals surface area (Å²) in [7, 11) is 0. The Morgan fingerprint density at radius 2 is 1.95 bits per heavy atom. The molecule has 0 spiro atoms. The summed E-state index contributed by atoms with van der Waals surface area (Å²) in [5.74, 6) is -2.02. The maximum atomic E-state index is 12.5. The van der Waals surface area contributed by atoms with Crippen LogP contribution in [-0.2, 0) is 9.59 Å². The van der Waals surface area contributed by atoms with Gasteiger partial charge in [0, 0.05) is 5.02 Å². The molecular weight excluding hydrogens is 342 g/mol. The number of rotatable bonds is 4. The van der Waals surface area contributed by atoms with Gasteiger partial charge in [-0.3, -0.25) is 9.69 Å². The summed E-state index contributed by atoms with van der Waals surface area (Å²) in [6, 6.07) is 5.91. The highest BCUT2D eigenvalue weighted by Crippen LogP contribution is 2.35. The van der Waals surface area contributed by atoms with E-state index in [1.54, 1.807) is 44.2 Å². The summed E-state index contributed by atoms with van der Waals surface area (Å²) in [6.07, 6.45) is 1.67. The zero-order chi connectivity index (χ0) is 16.4. The standard InChI is InChI=1S/C15H14ClNO3S2/c1-8(2)12(14(19)20)17-13(18)11(22-15(17)21)7-9-3-5-10(16)6-4-9/h3-8,12H,1-2H3,(H,19,20)/p-1/b11-7-/t12-/m1/s1. The van der Waals surface area contributed by atoms with Gasteiger partial charge in [0.25, 0.3) is 5.91 Å². The van der Waals surface area contributed by atoms with Crippen LogP contribution < -0.4 is 5.11 Å². The van der Waals surface area contributed by atoms with Gasteiger partial charge < -0.3 is 9.90 Å². The fraction of sp³-hybridized carbons (Fsp3) is 0.267. The summed E-state index contributed by atoms with van der Waals surface area (Å²) in [6.45, 7) is 3.42. The van der Waals surface area contributed by atoms with E-state index < -0.39 is 17.9 Å². The molecule has 1 aromatic rings. The number of halogens is 1. The Labute approximate surface area is 143 Å². The Balaban J connectivity index is 2.32. The highest BCUT2D eigenvalue weighted by atomic mass is 35.5. The number of thiocarbonyl (C=S) groups is 1. The van der Waals surface area contributed by atoms with Crippen molar-refractivity contribution >= 4 is 57.9 Å². The minimum Gasteiger partial charge on any atom is -0.548 e. The minimum atomic E-state index is -1.31.